The third-order valence-electron chi connectivity index (χ3n) is 2.36. The minimum Gasteiger partial charge on any atom is -0.347 e. The maximum atomic E-state index is 11.6. The predicted molar refractivity (Wildman–Crippen MR) is 58.0 cm³/mol. The number of piperazine rings is 1. The Kier molecular flexibility index (Phi) is 4.14. The summed E-state index contributed by atoms with van der Waals surface area (Å²) >= 11 is 0. The molecular weight excluding hydrogens is 176 g/mol. The molecule has 1 heterocycles. The van der Waals surface area contributed by atoms with Gasteiger partial charge in [0, 0.05) is 6.54 Å². The quantitative estimate of drug-likeness (QED) is 0.663. The van der Waals surface area contributed by atoms with Crippen LogP contribution >= 0.6 is 0 Å². The molecule has 1 aliphatic rings. The maximum absolute atomic E-state index is 11.6. The van der Waals surface area contributed by atoms with E-state index in [1.54, 1.807) is 0 Å². The van der Waals surface area contributed by atoms with Gasteiger partial charge in [0.15, 0.2) is 0 Å². The summed E-state index contributed by atoms with van der Waals surface area (Å²) < 4.78 is 0. The van der Waals surface area contributed by atoms with Crippen molar-refractivity contribution in [1.29, 1.82) is 0 Å². The lowest BCUT2D eigenvalue weighted by Crippen LogP contribution is -2.57. The molecule has 0 bridgehead atoms. The van der Waals surface area contributed by atoms with E-state index >= 15 is 0 Å². The summed E-state index contributed by atoms with van der Waals surface area (Å²) in [4.78, 5) is 11.6. The number of nitrogens with one attached hydrogen (secondary N) is 2. The van der Waals surface area contributed by atoms with Gasteiger partial charge in [0.05, 0.1) is 12.1 Å². The molecule has 14 heavy (non-hydrogen) atoms. The van der Waals surface area contributed by atoms with E-state index in [0.717, 1.165) is 13.0 Å². The van der Waals surface area contributed by atoms with Gasteiger partial charge in [-0.15, -0.1) is 0 Å². The molecule has 0 saturated carbocycles. The zero-order chi connectivity index (χ0) is 10.6. The first-order valence-corrected chi connectivity index (χ1v) is 5.30. The van der Waals surface area contributed by atoms with Gasteiger partial charge in [-0.2, -0.15) is 0 Å². The first-order chi connectivity index (χ1) is 6.63. The van der Waals surface area contributed by atoms with Crippen LogP contribution in [0.5, 0.6) is 0 Å². The molecule has 3 nitrogen and oxygen atoms in total. The molecule has 0 unspecified atom stereocenters. The SMILES string of the molecule is CC=C[C@H]1CN[C@@H](CC(C)C)C(=O)N1. The van der Waals surface area contributed by atoms with Crippen molar-refractivity contribution in [3.63, 3.8) is 0 Å². The van der Waals surface area contributed by atoms with Crippen LogP contribution in [0.3, 0.4) is 0 Å². The van der Waals surface area contributed by atoms with Crippen LogP contribution in [0.4, 0.5) is 0 Å². The van der Waals surface area contributed by atoms with E-state index in [0.29, 0.717) is 5.92 Å². The minimum absolute atomic E-state index is 0.00324. The fourth-order valence-corrected chi connectivity index (χ4v) is 1.71. The highest BCUT2D eigenvalue weighted by Crippen LogP contribution is 2.08. The fourth-order valence-electron chi connectivity index (χ4n) is 1.71. The minimum atomic E-state index is -0.00324. The van der Waals surface area contributed by atoms with E-state index in [1.165, 1.54) is 0 Å². The Morgan fingerprint density at radius 1 is 1.57 bits per heavy atom. The van der Waals surface area contributed by atoms with E-state index in [1.807, 2.05) is 19.1 Å². The smallest absolute Gasteiger partial charge is 0.237 e. The maximum Gasteiger partial charge on any atom is 0.237 e. The summed E-state index contributed by atoms with van der Waals surface area (Å²) in [5.74, 6) is 0.685. The fraction of sp³-hybridized carbons (Fsp3) is 0.727. The van der Waals surface area contributed by atoms with Crippen LogP contribution in [-0.4, -0.2) is 24.5 Å². The van der Waals surface area contributed by atoms with Gasteiger partial charge in [-0.3, -0.25) is 4.79 Å². The zero-order valence-corrected chi connectivity index (χ0v) is 9.21. The molecule has 0 radical (unpaired) electrons. The lowest BCUT2D eigenvalue weighted by atomic mass is 10.0. The van der Waals surface area contributed by atoms with Gasteiger partial charge in [0.25, 0.3) is 0 Å². The van der Waals surface area contributed by atoms with Crippen molar-refractivity contribution in [3.8, 4) is 0 Å². The highest BCUT2D eigenvalue weighted by Gasteiger charge is 2.26. The molecule has 1 aliphatic heterocycles. The monoisotopic (exact) mass is 196 g/mol. The van der Waals surface area contributed by atoms with Crippen LogP contribution in [0.1, 0.15) is 27.2 Å². The Morgan fingerprint density at radius 3 is 2.79 bits per heavy atom. The van der Waals surface area contributed by atoms with Crippen LogP contribution in [0.2, 0.25) is 0 Å². The Bertz CT molecular complexity index is 223. The Hall–Kier alpha value is -0.830. The molecule has 0 aliphatic carbocycles. The molecule has 80 valence electrons. The van der Waals surface area contributed by atoms with Gasteiger partial charge in [0.2, 0.25) is 5.91 Å². The van der Waals surface area contributed by atoms with Crippen molar-refractivity contribution in [3.05, 3.63) is 12.2 Å². The van der Waals surface area contributed by atoms with Crippen molar-refractivity contribution in [2.45, 2.75) is 39.3 Å². The summed E-state index contributed by atoms with van der Waals surface area (Å²) in [6.45, 7) is 7.07. The van der Waals surface area contributed by atoms with Crippen LogP contribution in [0.25, 0.3) is 0 Å². The van der Waals surface area contributed by atoms with Gasteiger partial charge < -0.3 is 10.6 Å². The topological polar surface area (TPSA) is 41.1 Å². The van der Waals surface area contributed by atoms with Crippen LogP contribution in [0.15, 0.2) is 12.2 Å². The van der Waals surface area contributed by atoms with Crippen molar-refractivity contribution < 1.29 is 4.79 Å². The van der Waals surface area contributed by atoms with Crippen molar-refractivity contribution in [2.24, 2.45) is 5.92 Å². The second-order valence-corrected chi connectivity index (χ2v) is 4.23. The van der Waals surface area contributed by atoms with E-state index in [2.05, 4.69) is 24.5 Å². The van der Waals surface area contributed by atoms with Crippen molar-refractivity contribution in [2.75, 3.05) is 6.54 Å². The molecule has 2 atom stereocenters. The van der Waals surface area contributed by atoms with Gasteiger partial charge in [0.1, 0.15) is 0 Å². The Balaban J connectivity index is 2.44. The van der Waals surface area contributed by atoms with Gasteiger partial charge in [-0.25, -0.2) is 0 Å². The van der Waals surface area contributed by atoms with Gasteiger partial charge in [-0.05, 0) is 19.3 Å². The number of carbonyl (C=O) groups is 1. The largest absolute Gasteiger partial charge is 0.347 e. The molecule has 0 spiro atoms. The molecule has 1 fully saturated rings. The number of hydrogen-bond acceptors (Lipinski definition) is 2. The number of hydrogen-bond donors (Lipinski definition) is 2. The van der Waals surface area contributed by atoms with Crippen LogP contribution in [-0.2, 0) is 4.79 Å². The van der Waals surface area contributed by atoms with Crippen molar-refractivity contribution in [1.82, 2.24) is 10.6 Å². The molecule has 0 aromatic rings. The molecule has 0 aromatic heterocycles. The number of carbonyl (C=O) groups excluding carboxylic acids is 1. The predicted octanol–water partition coefficient (Wildman–Crippen LogP) is 1.07. The second-order valence-electron chi connectivity index (χ2n) is 4.23. The van der Waals surface area contributed by atoms with E-state index in [4.69, 9.17) is 0 Å². The Labute approximate surface area is 86.0 Å². The molecule has 1 saturated heterocycles. The van der Waals surface area contributed by atoms with Crippen molar-refractivity contribution >= 4 is 5.91 Å². The van der Waals surface area contributed by atoms with E-state index < -0.39 is 0 Å². The molecule has 0 aromatic carbocycles. The number of rotatable bonds is 3. The summed E-state index contributed by atoms with van der Waals surface area (Å²) in [5, 5.41) is 6.26. The van der Waals surface area contributed by atoms with Crippen LogP contribution in [0, 0.1) is 5.92 Å². The number of amides is 1. The summed E-state index contributed by atoms with van der Waals surface area (Å²) in [6.07, 6.45) is 4.89. The van der Waals surface area contributed by atoms with E-state index in [-0.39, 0.29) is 18.0 Å². The zero-order valence-electron chi connectivity index (χ0n) is 9.21. The average molecular weight is 196 g/mol. The first-order valence-electron chi connectivity index (χ1n) is 5.30. The third kappa shape index (κ3) is 3.14. The summed E-state index contributed by atoms with van der Waals surface area (Å²) in [5.41, 5.74) is 0. The van der Waals surface area contributed by atoms with Crippen LogP contribution < -0.4 is 10.6 Å². The molecular formula is C11H20N2O. The number of allylic oxidation sites excluding steroid dienone is 1. The third-order valence-corrected chi connectivity index (χ3v) is 2.36. The molecule has 1 amide bonds. The normalized spacial score (nSPS) is 28.4. The molecule has 1 rings (SSSR count). The van der Waals surface area contributed by atoms with Gasteiger partial charge >= 0.3 is 0 Å². The summed E-state index contributed by atoms with van der Waals surface area (Å²) in [6, 6.07) is 0.160. The lowest BCUT2D eigenvalue weighted by Gasteiger charge is -2.29. The van der Waals surface area contributed by atoms with Gasteiger partial charge in [-0.1, -0.05) is 26.0 Å². The van der Waals surface area contributed by atoms with E-state index in [9.17, 15) is 4.79 Å². The Morgan fingerprint density at radius 2 is 2.29 bits per heavy atom. The molecule has 2 N–H and O–H groups in total. The summed E-state index contributed by atoms with van der Waals surface area (Å²) in [7, 11) is 0. The highest BCUT2D eigenvalue weighted by molar-refractivity contribution is 5.83. The molecule has 3 heteroatoms. The standard InChI is InChI=1S/C11H20N2O/c1-4-5-9-7-12-10(6-8(2)3)11(14)13-9/h4-5,8-10,12H,6-7H2,1-3H3,(H,13,14)/t9-,10-/m0/s1. The lowest BCUT2D eigenvalue weighted by molar-refractivity contribution is -0.125. The first kappa shape index (κ1) is 11.2. The second kappa shape index (κ2) is 5.15. The highest BCUT2D eigenvalue weighted by atomic mass is 16.2. The average Bonchev–Trinajstić information content (AvgIpc) is 2.10.